The SMILES string of the molecule is CCc1ccc(C(N(C)C)C2(C(=O)OC)CC2)cc1. The van der Waals surface area contributed by atoms with E-state index in [9.17, 15) is 4.79 Å². The van der Waals surface area contributed by atoms with Crippen molar-refractivity contribution < 1.29 is 9.53 Å². The third-order valence-electron chi connectivity index (χ3n) is 4.12. The van der Waals surface area contributed by atoms with Crippen molar-refractivity contribution in [3.63, 3.8) is 0 Å². The van der Waals surface area contributed by atoms with E-state index in [1.165, 1.54) is 18.2 Å². The van der Waals surface area contributed by atoms with Crippen LogP contribution in [0.5, 0.6) is 0 Å². The van der Waals surface area contributed by atoms with Gasteiger partial charge in [-0.1, -0.05) is 31.2 Å². The zero-order valence-corrected chi connectivity index (χ0v) is 12.3. The van der Waals surface area contributed by atoms with Gasteiger partial charge in [0.1, 0.15) is 0 Å². The van der Waals surface area contributed by atoms with Gasteiger partial charge < -0.3 is 9.64 Å². The lowest BCUT2D eigenvalue weighted by atomic mass is 9.88. The van der Waals surface area contributed by atoms with E-state index in [0.29, 0.717) is 0 Å². The highest BCUT2D eigenvalue weighted by atomic mass is 16.5. The number of aryl methyl sites for hydroxylation is 1. The highest BCUT2D eigenvalue weighted by molar-refractivity contribution is 5.81. The Balaban J connectivity index is 2.32. The molecule has 1 fully saturated rings. The van der Waals surface area contributed by atoms with Gasteiger partial charge in [-0.15, -0.1) is 0 Å². The van der Waals surface area contributed by atoms with Crippen LogP contribution >= 0.6 is 0 Å². The first kappa shape index (κ1) is 14.1. The van der Waals surface area contributed by atoms with E-state index < -0.39 is 0 Å². The van der Waals surface area contributed by atoms with Gasteiger partial charge in [0.05, 0.1) is 18.6 Å². The van der Waals surface area contributed by atoms with Gasteiger partial charge in [-0.2, -0.15) is 0 Å². The fourth-order valence-corrected chi connectivity index (χ4v) is 2.97. The van der Waals surface area contributed by atoms with Crippen molar-refractivity contribution in [3.8, 4) is 0 Å². The van der Waals surface area contributed by atoms with E-state index in [1.54, 1.807) is 0 Å². The average molecular weight is 261 g/mol. The molecular weight excluding hydrogens is 238 g/mol. The molecule has 2 rings (SSSR count). The second-order valence-corrected chi connectivity index (χ2v) is 5.61. The van der Waals surface area contributed by atoms with Crippen molar-refractivity contribution in [3.05, 3.63) is 35.4 Å². The molecule has 0 saturated heterocycles. The largest absolute Gasteiger partial charge is 0.469 e. The summed E-state index contributed by atoms with van der Waals surface area (Å²) in [6.07, 6.45) is 2.87. The molecule has 0 aromatic heterocycles. The van der Waals surface area contributed by atoms with E-state index in [0.717, 1.165) is 19.3 Å². The van der Waals surface area contributed by atoms with Gasteiger partial charge in [-0.3, -0.25) is 4.79 Å². The molecule has 0 radical (unpaired) electrons. The number of carbonyl (C=O) groups is 1. The summed E-state index contributed by atoms with van der Waals surface area (Å²) in [7, 11) is 5.54. The number of esters is 1. The van der Waals surface area contributed by atoms with Crippen LogP contribution in [0, 0.1) is 5.41 Å². The first-order chi connectivity index (χ1) is 9.05. The Morgan fingerprint density at radius 1 is 1.32 bits per heavy atom. The minimum absolute atomic E-state index is 0.0780. The lowest BCUT2D eigenvalue weighted by molar-refractivity contribution is -0.150. The maximum atomic E-state index is 12.1. The minimum Gasteiger partial charge on any atom is -0.469 e. The lowest BCUT2D eigenvalue weighted by Gasteiger charge is -2.31. The molecule has 19 heavy (non-hydrogen) atoms. The van der Waals surface area contributed by atoms with Crippen molar-refractivity contribution in [2.45, 2.75) is 32.2 Å². The Hall–Kier alpha value is -1.35. The Labute approximate surface area is 115 Å². The molecule has 1 aromatic rings. The van der Waals surface area contributed by atoms with Crippen molar-refractivity contribution in [1.29, 1.82) is 0 Å². The van der Waals surface area contributed by atoms with Crippen LogP contribution in [0.25, 0.3) is 0 Å². The van der Waals surface area contributed by atoms with Gasteiger partial charge in [0, 0.05) is 0 Å². The smallest absolute Gasteiger partial charge is 0.313 e. The van der Waals surface area contributed by atoms with Crippen LogP contribution in [0.1, 0.15) is 36.9 Å². The third-order valence-corrected chi connectivity index (χ3v) is 4.12. The molecule has 0 aliphatic heterocycles. The molecule has 1 aliphatic rings. The molecule has 3 heteroatoms. The molecule has 1 atom stereocenters. The maximum absolute atomic E-state index is 12.1. The molecule has 0 spiro atoms. The second-order valence-electron chi connectivity index (χ2n) is 5.61. The van der Waals surface area contributed by atoms with Crippen LogP contribution in [0.4, 0.5) is 0 Å². The monoisotopic (exact) mass is 261 g/mol. The summed E-state index contributed by atoms with van der Waals surface area (Å²) in [6, 6.07) is 8.70. The van der Waals surface area contributed by atoms with E-state index in [-0.39, 0.29) is 17.4 Å². The number of methoxy groups -OCH3 is 1. The van der Waals surface area contributed by atoms with Crippen LogP contribution in [0.3, 0.4) is 0 Å². The topological polar surface area (TPSA) is 29.5 Å². The Bertz CT molecular complexity index is 446. The van der Waals surface area contributed by atoms with Crippen LogP contribution in [0.2, 0.25) is 0 Å². The molecule has 1 saturated carbocycles. The Kier molecular flexibility index (Phi) is 3.95. The molecule has 0 bridgehead atoms. The number of ether oxygens (including phenoxy) is 1. The number of hydrogen-bond donors (Lipinski definition) is 0. The quantitative estimate of drug-likeness (QED) is 0.763. The molecule has 0 amide bonds. The number of carbonyl (C=O) groups excluding carboxylic acids is 1. The molecule has 0 heterocycles. The van der Waals surface area contributed by atoms with Gasteiger partial charge in [0.25, 0.3) is 0 Å². The number of benzene rings is 1. The maximum Gasteiger partial charge on any atom is 0.313 e. The van der Waals surface area contributed by atoms with Crippen molar-refractivity contribution in [2.24, 2.45) is 5.41 Å². The zero-order chi connectivity index (χ0) is 14.0. The summed E-state index contributed by atoms with van der Waals surface area (Å²) < 4.78 is 5.01. The summed E-state index contributed by atoms with van der Waals surface area (Å²) >= 11 is 0. The van der Waals surface area contributed by atoms with Gasteiger partial charge >= 0.3 is 5.97 Å². The van der Waals surface area contributed by atoms with E-state index >= 15 is 0 Å². The summed E-state index contributed by atoms with van der Waals surface area (Å²) in [5, 5.41) is 0. The summed E-state index contributed by atoms with van der Waals surface area (Å²) in [6.45, 7) is 2.15. The molecular formula is C16H23NO2. The lowest BCUT2D eigenvalue weighted by Crippen LogP contribution is -2.34. The predicted molar refractivity (Wildman–Crippen MR) is 75.9 cm³/mol. The number of hydrogen-bond acceptors (Lipinski definition) is 3. The number of nitrogens with zero attached hydrogens (tertiary/aromatic N) is 1. The van der Waals surface area contributed by atoms with Crippen molar-refractivity contribution >= 4 is 5.97 Å². The first-order valence-electron chi connectivity index (χ1n) is 6.89. The second kappa shape index (κ2) is 5.33. The van der Waals surface area contributed by atoms with Crippen molar-refractivity contribution in [1.82, 2.24) is 4.90 Å². The third kappa shape index (κ3) is 2.52. The zero-order valence-electron chi connectivity index (χ0n) is 12.3. The first-order valence-corrected chi connectivity index (χ1v) is 6.89. The molecule has 104 valence electrons. The molecule has 1 aliphatic carbocycles. The minimum atomic E-state index is -0.341. The highest BCUT2D eigenvalue weighted by Gasteiger charge is 2.58. The van der Waals surface area contributed by atoms with Gasteiger partial charge in [0.2, 0.25) is 0 Å². The van der Waals surface area contributed by atoms with Gasteiger partial charge in [0.15, 0.2) is 0 Å². The van der Waals surface area contributed by atoms with Crippen molar-refractivity contribution in [2.75, 3.05) is 21.2 Å². The van der Waals surface area contributed by atoms with Gasteiger partial charge in [-0.05, 0) is 44.5 Å². The number of rotatable bonds is 5. The molecule has 1 unspecified atom stereocenters. The van der Waals surface area contributed by atoms with Crippen LogP contribution in [-0.4, -0.2) is 32.1 Å². The average Bonchev–Trinajstić information content (AvgIpc) is 3.20. The van der Waals surface area contributed by atoms with Crippen LogP contribution in [-0.2, 0) is 16.0 Å². The molecule has 1 aromatic carbocycles. The van der Waals surface area contributed by atoms with Gasteiger partial charge in [-0.25, -0.2) is 0 Å². The molecule has 3 nitrogen and oxygen atoms in total. The fourth-order valence-electron chi connectivity index (χ4n) is 2.97. The summed E-state index contributed by atoms with van der Waals surface area (Å²) in [5.74, 6) is -0.0780. The summed E-state index contributed by atoms with van der Waals surface area (Å²) in [4.78, 5) is 14.2. The summed E-state index contributed by atoms with van der Waals surface area (Å²) in [5.41, 5.74) is 2.18. The Morgan fingerprint density at radius 3 is 2.26 bits per heavy atom. The van der Waals surface area contributed by atoms with E-state index in [1.807, 2.05) is 14.1 Å². The predicted octanol–water partition coefficient (Wildman–Crippen LogP) is 2.80. The van der Waals surface area contributed by atoms with E-state index in [4.69, 9.17) is 4.74 Å². The molecule has 0 N–H and O–H groups in total. The highest BCUT2D eigenvalue weighted by Crippen LogP contribution is 2.57. The fraction of sp³-hybridized carbons (Fsp3) is 0.562. The normalized spacial score (nSPS) is 18.2. The van der Waals surface area contributed by atoms with E-state index in [2.05, 4.69) is 36.1 Å². The Morgan fingerprint density at radius 2 is 1.89 bits per heavy atom. The van der Waals surface area contributed by atoms with Crippen LogP contribution < -0.4 is 0 Å². The standard InChI is InChI=1S/C16H23NO2/c1-5-12-6-8-13(9-7-12)14(17(2)3)16(10-11-16)15(18)19-4/h6-9,14H,5,10-11H2,1-4H3. The van der Waals surface area contributed by atoms with Crippen LogP contribution in [0.15, 0.2) is 24.3 Å².